The van der Waals surface area contributed by atoms with Gasteiger partial charge in [0.15, 0.2) is 0 Å². The Bertz CT molecular complexity index is 517. The minimum atomic E-state index is 0.521. The van der Waals surface area contributed by atoms with Crippen LogP contribution < -0.4 is 5.73 Å². The second-order valence-electron chi connectivity index (χ2n) is 3.66. The third-order valence-corrected chi connectivity index (χ3v) is 2.37. The van der Waals surface area contributed by atoms with E-state index in [0.29, 0.717) is 5.84 Å². The van der Waals surface area contributed by atoms with Gasteiger partial charge in [-0.2, -0.15) is 0 Å². The molecule has 0 spiro atoms. The van der Waals surface area contributed by atoms with Crippen molar-refractivity contribution in [3.05, 3.63) is 42.1 Å². The maximum atomic E-state index is 5.86. The standard InChI is InChI=1S/C13H15N3/c1-2-9-15-13(14)12-8-7-10-5-3-4-6-11(10)16-12/h3-8H,2,9H2,1H3,(H2,14,15). The number of nitrogens with two attached hydrogens (primary N) is 1. The van der Waals surface area contributed by atoms with E-state index in [2.05, 4.69) is 16.9 Å². The first-order valence-corrected chi connectivity index (χ1v) is 5.47. The molecule has 0 bridgehead atoms. The highest BCUT2D eigenvalue weighted by atomic mass is 14.9. The Kier molecular flexibility index (Phi) is 3.15. The fourth-order valence-corrected chi connectivity index (χ4v) is 1.52. The Morgan fingerprint density at radius 1 is 1.25 bits per heavy atom. The zero-order valence-electron chi connectivity index (χ0n) is 9.35. The average molecular weight is 213 g/mol. The number of fused-ring (bicyclic) bond motifs is 1. The van der Waals surface area contributed by atoms with Gasteiger partial charge in [-0.1, -0.05) is 31.2 Å². The predicted molar refractivity (Wildman–Crippen MR) is 67.6 cm³/mol. The minimum Gasteiger partial charge on any atom is -0.382 e. The van der Waals surface area contributed by atoms with Crippen LogP contribution in [0.25, 0.3) is 10.9 Å². The molecule has 0 fully saturated rings. The first-order valence-electron chi connectivity index (χ1n) is 5.47. The molecule has 0 radical (unpaired) electrons. The SMILES string of the molecule is CCCN=C(N)c1ccc2ccccc2n1. The maximum absolute atomic E-state index is 5.86. The average Bonchev–Trinajstić information content (AvgIpc) is 2.35. The molecule has 2 aromatic rings. The van der Waals surface area contributed by atoms with Gasteiger partial charge < -0.3 is 5.73 Å². The molecule has 82 valence electrons. The van der Waals surface area contributed by atoms with Crippen LogP contribution in [0.15, 0.2) is 41.4 Å². The molecule has 2 N–H and O–H groups in total. The second kappa shape index (κ2) is 4.75. The van der Waals surface area contributed by atoms with E-state index in [4.69, 9.17) is 5.73 Å². The van der Waals surface area contributed by atoms with E-state index in [-0.39, 0.29) is 0 Å². The molecular formula is C13H15N3. The zero-order valence-corrected chi connectivity index (χ0v) is 9.35. The van der Waals surface area contributed by atoms with Crippen molar-refractivity contribution in [3.8, 4) is 0 Å². The van der Waals surface area contributed by atoms with Gasteiger partial charge in [-0.25, -0.2) is 4.98 Å². The lowest BCUT2D eigenvalue weighted by Crippen LogP contribution is -2.15. The van der Waals surface area contributed by atoms with Gasteiger partial charge in [-0.05, 0) is 18.6 Å². The van der Waals surface area contributed by atoms with Crippen LogP contribution in [0.2, 0.25) is 0 Å². The lowest BCUT2D eigenvalue weighted by molar-refractivity contribution is 0.929. The smallest absolute Gasteiger partial charge is 0.144 e. The van der Waals surface area contributed by atoms with Gasteiger partial charge in [0.2, 0.25) is 0 Å². The van der Waals surface area contributed by atoms with Crippen LogP contribution in [0, 0.1) is 0 Å². The molecule has 1 aromatic carbocycles. The molecule has 0 saturated heterocycles. The van der Waals surface area contributed by atoms with E-state index in [9.17, 15) is 0 Å². The van der Waals surface area contributed by atoms with Gasteiger partial charge in [-0.3, -0.25) is 4.99 Å². The summed E-state index contributed by atoms with van der Waals surface area (Å²) in [4.78, 5) is 8.72. The Hall–Kier alpha value is -1.90. The van der Waals surface area contributed by atoms with Crippen molar-refractivity contribution >= 4 is 16.7 Å². The molecular weight excluding hydrogens is 198 g/mol. The number of pyridine rings is 1. The van der Waals surface area contributed by atoms with Crippen LogP contribution in [-0.4, -0.2) is 17.4 Å². The van der Waals surface area contributed by atoms with Crippen LogP contribution in [0.3, 0.4) is 0 Å². The molecule has 0 unspecified atom stereocenters. The number of benzene rings is 1. The summed E-state index contributed by atoms with van der Waals surface area (Å²) in [6, 6.07) is 11.9. The predicted octanol–water partition coefficient (Wildman–Crippen LogP) is 2.35. The van der Waals surface area contributed by atoms with Crippen LogP contribution in [0.1, 0.15) is 19.0 Å². The van der Waals surface area contributed by atoms with Gasteiger partial charge >= 0.3 is 0 Å². The molecule has 0 aliphatic heterocycles. The first-order chi connectivity index (χ1) is 7.81. The number of amidine groups is 1. The minimum absolute atomic E-state index is 0.521. The van der Waals surface area contributed by atoms with Crippen molar-refractivity contribution in [3.63, 3.8) is 0 Å². The van der Waals surface area contributed by atoms with Crippen LogP contribution >= 0.6 is 0 Å². The van der Waals surface area contributed by atoms with E-state index in [1.165, 1.54) is 0 Å². The molecule has 0 amide bonds. The Balaban J connectivity index is 2.39. The highest BCUT2D eigenvalue weighted by Crippen LogP contribution is 2.11. The van der Waals surface area contributed by atoms with Gasteiger partial charge in [0.1, 0.15) is 11.5 Å². The highest BCUT2D eigenvalue weighted by molar-refractivity contribution is 5.97. The van der Waals surface area contributed by atoms with Crippen LogP contribution in [-0.2, 0) is 0 Å². The van der Waals surface area contributed by atoms with Crippen molar-refractivity contribution < 1.29 is 0 Å². The Labute approximate surface area is 95.0 Å². The van der Waals surface area contributed by atoms with Crippen molar-refractivity contribution in [1.29, 1.82) is 0 Å². The van der Waals surface area contributed by atoms with E-state index in [1.807, 2.05) is 36.4 Å². The largest absolute Gasteiger partial charge is 0.382 e. The molecule has 1 aromatic heterocycles. The molecule has 0 saturated carbocycles. The molecule has 0 atom stereocenters. The van der Waals surface area contributed by atoms with Gasteiger partial charge in [0.05, 0.1) is 5.52 Å². The lowest BCUT2D eigenvalue weighted by atomic mass is 10.2. The van der Waals surface area contributed by atoms with Gasteiger partial charge in [0.25, 0.3) is 0 Å². The van der Waals surface area contributed by atoms with E-state index in [1.54, 1.807) is 0 Å². The van der Waals surface area contributed by atoms with E-state index in [0.717, 1.165) is 29.6 Å². The topological polar surface area (TPSA) is 51.3 Å². The van der Waals surface area contributed by atoms with Crippen LogP contribution in [0.4, 0.5) is 0 Å². The third kappa shape index (κ3) is 2.19. The molecule has 16 heavy (non-hydrogen) atoms. The second-order valence-corrected chi connectivity index (χ2v) is 3.66. The summed E-state index contributed by atoms with van der Waals surface area (Å²) in [5.74, 6) is 0.521. The fraction of sp³-hybridized carbons (Fsp3) is 0.231. The van der Waals surface area contributed by atoms with Crippen molar-refractivity contribution in [2.75, 3.05) is 6.54 Å². The lowest BCUT2D eigenvalue weighted by Gasteiger charge is -2.02. The number of hydrogen-bond donors (Lipinski definition) is 1. The monoisotopic (exact) mass is 213 g/mol. The molecule has 0 aliphatic carbocycles. The van der Waals surface area contributed by atoms with Crippen molar-refractivity contribution in [1.82, 2.24) is 4.98 Å². The highest BCUT2D eigenvalue weighted by Gasteiger charge is 2.01. The fourth-order valence-electron chi connectivity index (χ4n) is 1.52. The Morgan fingerprint density at radius 3 is 2.88 bits per heavy atom. The number of rotatable bonds is 3. The zero-order chi connectivity index (χ0) is 11.4. The first kappa shape index (κ1) is 10.6. The van der Waals surface area contributed by atoms with Gasteiger partial charge in [0, 0.05) is 11.9 Å². The van der Waals surface area contributed by atoms with Crippen LogP contribution in [0.5, 0.6) is 0 Å². The molecule has 3 heteroatoms. The van der Waals surface area contributed by atoms with E-state index < -0.39 is 0 Å². The number of para-hydroxylation sites is 1. The summed E-state index contributed by atoms with van der Waals surface area (Å²) >= 11 is 0. The summed E-state index contributed by atoms with van der Waals surface area (Å²) < 4.78 is 0. The molecule has 1 heterocycles. The maximum Gasteiger partial charge on any atom is 0.144 e. The van der Waals surface area contributed by atoms with E-state index >= 15 is 0 Å². The summed E-state index contributed by atoms with van der Waals surface area (Å²) in [6.07, 6.45) is 0.994. The van der Waals surface area contributed by atoms with Crippen molar-refractivity contribution in [2.24, 2.45) is 10.7 Å². The summed E-state index contributed by atoms with van der Waals surface area (Å²) in [6.45, 7) is 2.82. The molecule has 2 rings (SSSR count). The Morgan fingerprint density at radius 2 is 2.06 bits per heavy atom. The normalized spacial score (nSPS) is 11.9. The number of aliphatic imine (C=N–C) groups is 1. The summed E-state index contributed by atoms with van der Waals surface area (Å²) in [7, 11) is 0. The number of aromatic nitrogens is 1. The molecule has 3 nitrogen and oxygen atoms in total. The van der Waals surface area contributed by atoms with Gasteiger partial charge in [-0.15, -0.1) is 0 Å². The summed E-state index contributed by atoms with van der Waals surface area (Å²) in [5, 5.41) is 1.12. The number of nitrogens with zero attached hydrogens (tertiary/aromatic N) is 2. The van der Waals surface area contributed by atoms with Crippen molar-refractivity contribution in [2.45, 2.75) is 13.3 Å². The number of hydrogen-bond acceptors (Lipinski definition) is 2. The quantitative estimate of drug-likeness (QED) is 0.628. The molecule has 0 aliphatic rings. The summed E-state index contributed by atoms with van der Waals surface area (Å²) in [5.41, 5.74) is 7.57. The third-order valence-electron chi connectivity index (χ3n) is 2.37.